The van der Waals surface area contributed by atoms with Crippen molar-refractivity contribution in [1.29, 1.82) is 0 Å². The van der Waals surface area contributed by atoms with E-state index < -0.39 is 0 Å². The molecule has 0 saturated carbocycles. The molecule has 0 aliphatic rings. The summed E-state index contributed by atoms with van der Waals surface area (Å²) in [6.07, 6.45) is 0.733. The molecule has 1 N–H and O–H groups in total. The Morgan fingerprint density at radius 3 is 2.65 bits per heavy atom. The number of thioether (sulfide) groups is 1. The van der Waals surface area contributed by atoms with Gasteiger partial charge in [-0.05, 0) is 31.2 Å². The normalized spacial score (nSPS) is 10.7. The van der Waals surface area contributed by atoms with E-state index in [1.807, 2.05) is 41.8 Å². The van der Waals surface area contributed by atoms with Crippen LogP contribution in [0.5, 0.6) is 0 Å². The van der Waals surface area contributed by atoms with Gasteiger partial charge in [0.2, 0.25) is 5.91 Å². The van der Waals surface area contributed by atoms with E-state index in [1.165, 1.54) is 17.8 Å². The van der Waals surface area contributed by atoms with Crippen molar-refractivity contribution in [3.63, 3.8) is 0 Å². The zero-order chi connectivity index (χ0) is 18.5. The van der Waals surface area contributed by atoms with E-state index in [9.17, 15) is 9.18 Å². The van der Waals surface area contributed by atoms with Crippen LogP contribution in [0.15, 0.2) is 53.7 Å². The molecule has 5 nitrogen and oxygen atoms in total. The maximum absolute atomic E-state index is 13.6. The van der Waals surface area contributed by atoms with Crippen molar-refractivity contribution in [3.8, 4) is 5.69 Å². The highest BCUT2D eigenvalue weighted by atomic mass is 32.2. The lowest BCUT2D eigenvalue weighted by molar-refractivity contribution is -0.113. The van der Waals surface area contributed by atoms with E-state index in [2.05, 4.69) is 15.5 Å². The van der Waals surface area contributed by atoms with Gasteiger partial charge >= 0.3 is 0 Å². The quantitative estimate of drug-likeness (QED) is 0.666. The number of rotatable bonds is 6. The Bertz CT molecular complexity index is 911. The van der Waals surface area contributed by atoms with E-state index in [1.54, 1.807) is 19.1 Å². The number of carbonyl (C=O) groups is 1. The highest BCUT2D eigenvalue weighted by Gasteiger charge is 2.15. The summed E-state index contributed by atoms with van der Waals surface area (Å²) in [7, 11) is 0. The Hall–Kier alpha value is -2.67. The Morgan fingerprint density at radius 2 is 1.92 bits per heavy atom. The van der Waals surface area contributed by atoms with Crippen molar-refractivity contribution < 1.29 is 9.18 Å². The Morgan fingerprint density at radius 1 is 1.15 bits per heavy atom. The summed E-state index contributed by atoms with van der Waals surface area (Å²) in [5, 5.41) is 11.8. The van der Waals surface area contributed by atoms with Crippen molar-refractivity contribution >= 4 is 23.4 Å². The number of benzene rings is 2. The molecule has 0 spiro atoms. The van der Waals surface area contributed by atoms with Gasteiger partial charge in [-0.25, -0.2) is 4.39 Å². The SMILES string of the molecule is CCc1nnc(SCC(=O)Nc2cccc(F)c2C)n1-c1ccccc1. The first-order chi connectivity index (χ1) is 12.6. The van der Waals surface area contributed by atoms with Crippen LogP contribution in [0.3, 0.4) is 0 Å². The molecule has 0 aliphatic carbocycles. The summed E-state index contributed by atoms with van der Waals surface area (Å²) in [6, 6.07) is 14.4. The van der Waals surface area contributed by atoms with Gasteiger partial charge in [-0.1, -0.05) is 43.0 Å². The van der Waals surface area contributed by atoms with Crippen LogP contribution in [0.1, 0.15) is 18.3 Å². The zero-order valence-electron chi connectivity index (χ0n) is 14.6. The third-order valence-corrected chi connectivity index (χ3v) is 4.83. The van der Waals surface area contributed by atoms with Crippen LogP contribution in [0.25, 0.3) is 5.69 Å². The fourth-order valence-electron chi connectivity index (χ4n) is 2.52. The molecule has 0 aliphatic heterocycles. The highest BCUT2D eigenvalue weighted by Crippen LogP contribution is 2.23. The van der Waals surface area contributed by atoms with Crippen molar-refractivity contribution in [3.05, 3.63) is 65.7 Å². The Balaban J connectivity index is 1.73. The minimum atomic E-state index is -0.341. The molecule has 7 heteroatoms. The number of amides is 1. The van der Waals surface area contributed by atoms with Crippen LogP contribution in [0, 0.1) is 12.7 Å². The molecule has 3 aromatic rings. The molecule has 0 fully saturated rings. The number of hydrogen-bond donors (Lipinski definition) is 1. The van der Waals surface area contributed by atoms with Crippen molar-refractivity contribution in [2.75, 3.05) is 11.1 Å². The molecule has 3 rings (SSSR count). The molecule has 1 aromatic heterocycles. The lowest BCUT2D eigenvalue weighted by atomic mass is 10.2. The number of para-hydroxylation sites is 1. The molecular formula is C19H19FN4OS. The predicted octanol–water partition coefficient (Wildman–Crippen LogP) is 4.01. The maximum atomic E-state index is 13.6. The van der Waals surface area contributed by atoms with Crippen LogP contribution in [-0.2, 0) is 11.2 Å². The summed E-state index contributed by atoms with van der Waals surface area (Å²) >= 11 is 1.30. The molecule has 1 heterocycles. The summed E-state index contributed by atoms with van der Waals surface area (Å²) in [4.78, 5) is 12.3. The Kier molecular flexibility index (Phi) is 5.68. The monoisotopic (exact) mass is 370 g/mol. The minimum absolute atomic E-state index is 0.157. The van der Waals surface area contributed by atoms with E-state index in [4.69, 9.17) is 0 Å². The average Bonchev–Trinajstić information content (AvgIpc) is 3.07. The number of hydrogen-bond acceptors (Lipinski definition) is 4. The van der Waals surface area contributed by atoms with E-state index in [-0.39, 0.29) is 17.5 Å². The van der Waals surface area contributed by atoms with Gasteiger partial charge in [0.15, 0.2) is 5.16 Å². The average molecular weight is 370 g/mol. The number of anilines is 1. The molecule has 134 valence electrons. The summed E-state index contributed by atoms with van der Waals surface area (Å²) in [6.45, 7) is 3.65. The van der Waals surface area contributed by atoms with Crippen LogP contribution in [-0.4, -0.2) is 26.4 Å². The number of aromatic nitrogens is 3. The fraction of sp³-hybridized carbons (Fsp3) is 0.211. The van der Waals surface area contributed by atoms with Gasteiger partial charge in [0.05, 0.1) is 5.75 Å². The Labute approximate surface area is 155 Å². The third kappa shape index (κ3) is 3.94. The second-order valence-electron chi connectivity index (χ2n) is 5.67. The molecule has 0 unspecified atom stereocenters. The van der Waals surface area contributed by atoms with Crippen LogP contribution >= 0.6 is 11.8 Å². The van der Waals surface area contributed by atoms with Crippen LogP contribution in [0.4, 0.5) is 10.1 Å². The van der Waals surface area contributed by atoms with E-state index in [0.29, 0.717) is 16.4 Å². The molecule has 26 heavy (non-hydrogen) atoms. The largest absolute Gasteiger partial charge is 0.325 e. The van der Waals surface area contributed by atoms with Crippen molar-refractivity contribution in [2.24, 2.45) is 0 Å². The van der Waals surface area contributed by atoms with Gasteiger partial charge in [-0.3, -0.25) is 9.36 Å². The van der Waals surface area contributed by atoms with Gasteiger partial charge in [0, 0.05) is 23.4 Å². The molecule has 2 aromatic carbocycles. The molecular weight excluding hydrogens is 351 g/mol. The first-order valence-corrected chi connectivity index (χ1v) is 9.26. The smallest absolute Gasteiger partial charge is 0.234 e. The van der Waals surface area contributed by atoms with Gasteiger partial charge in [0.25, 0.3) is 0 Å². The first kappa shape index (κ1) is 18.1. The second-order valence-corrected chi connectivity index (χ2v) is 6.62. The second kappa shape index (κ2) is 8.14. The van der Waals surface area contributed by atoms with E-state index in [0.717, 1.165) is 17.9 Å². The van der Waals surface area contributed by atoms with Gasteiger partial charge in [0.1, 0.15) is 11.6 Å². The molecule has 0 atom stereocenters. The predicted molar refractivity (Wildman–Crippen MR) is 101 cm³/mol. The highest BCUT2D eigenvalue weighted by molar-refractivity contribution is 7.99. The number of halogens is 1. The lowest BCUT2D eigenvalue weighted by Gasteiger charge is -2.10. The molecule has 0 radical (unpaired) electrons. The molecule has 1 amide bonds. The standard InChI is InChI=1S/C19H19FN4OS/c1-3-17-22-23-19(24(17)14-8-5-4-6-9-14)26-12-18(25)21-16-11-7-10-15(20)13(16)2/h4-11H,3,12H2,1-2H3,(H,21,25). The minimum Gasteiger partial charge on any atom is -0.325 e. The third-order valence-electron chi connectivity index (χ3n) is 3.91. The number of aryl methyl sites for hydroxylation is 1. The van der Waals surface area contributed by atoms with Gasteiger partial charge < -0.3 is 5.32 Å². The summed E-state index contributed by atoms with van der Waals surface area (Å²) in [5.74, 6) is 0.432. The fourth-order valence-corrected chi connectivity index (χ4v) is 3.29. The van der Waals surface area contributed by atoms with Gasteiger partial charge in [-0.15, -0.1) is 10.2 Å². The van der Waals surface area contributed by atoms with Crippen LogP contribution in [0.2, 0.25) is 0 Å². The topological polar surface area (TPSA) is 59.8 Å². The zero-order valence-corrected chi connectivity index (χ0v) is 15.4. The number of nitrogens with zero attached hydrogens (tertiary/aromatic N) is 3. The van der Waals surface area contributed by atoms with E-state index >= 15 is 0 Å². The maximum Gasteiger partial charge on any atom is 0.234 e. The lowest BCUT2D eigenvalue weighted by Crippen LogP contribution is -2.15. The molecule has 0 bridgehead atoms. The van der Waals surface area contributed by atoms with Crippen molar-refractivity contribution in [1.82, 2.24) is 14.8 Å². The molecule has 0 saturated heterocycles. The van der Waals surface area contributed by atoms with Gasteiger partial charge in [-0.2, -0.15) is 0 Å². The first-order valence-electron chi connectivity index (χ1n) is 8.27. The van der Waals surface area contributed by atoms with Crippen molar-refractivity contribution in [2.45, 2.75) is 25.4 Å². The summed E-state index contributed by atoms with van der Waals surface area (Å²) < 4.78 is 15.5. The van der Waals surface area contributed by atoms with Crippen LogP contribution < -0.4 is 5.32 Å². The number of nitrogens with one attached hydrogen (secondary N) is 1. The number of carbonyl (C=O) groups excluding carboxylic acids is 1. The summed E-state index contributed by atoms with van der Waals surface area (Å²) in [5.41, 5.74) is 1.86.